The Balaban J connectivity index is 0. The molecule has 0 bridgehead atoms. The van der Waals surface area contributed by atoms with Gasteiger partial charge in [-0.3, -0.25) is 0 Å². The molecule has 0 aromatic heterocycles. The summed E-state index contributed by atoms with van der Waals surface area (Å²) < 4.78 is 0. The van der Waals surface area contributed by atoms with Crippen molar-refractivity contribution in [1.82, 2.24) is 0 Å². The van der Waals surface area contributed by atoms with Crippen LogP contribution in [-0.2, 0) is 0 Å². The summed E-state index contributed by atoms with van der Waals surface area (Å²) in [7, 11) is 2.70. The Labute approximate surface area is 75.4 Å². The van der Waals surface area contributed by atoms with Crippen LogP contribution in [0.5, 0.6) is 0 Å². The molecule has 0 aliphatic rings. The van der Waals surface area contributed by atoms with Crippen LogP contribution in [0.4, 0.5) is 0 Å². The lowest BCUT2D eigenvalue weighted by molar-refractivity contribution is 0.702. The molecule has 0 spiro atoms. The zero-order valence-corrected chi connectivity index (χ0v) is 9.68. The Kier molecular flexibility index (Phi) is 21.4. The summed E-state index contributed by atoms with van der Waals surface area (Å²) in [5, 5.41) is 0. The fraction of sp³-hybridized carbons (Fsp3) is 1.00. The third kappa shape index (κ3) is 25.1. The zero-order valence-electron chi connectivity index (χ0n) is 8.53. The Morgan fingerprint density at radius 1 is 0.727 bits per heavy atom. The van der Waals surface area contributed by atoms with E-state index < -0.39 is 0 Å². The molecule has 70 valence electrons. The Morgan fingerprint density at radius 3 is 1.18 bits per heavy atom. The quantitative estimate of drug-likeness (QED) is 0.434. The van der Waals surface area contributed by atoms with Crippen LogP contribution in [0.25, 0.3) is 0 Å². The average Bonchev–Trinajstić information content (AvgIpc) is 2.04. The number of hydrogen-bond acceptors (Lipinski definition) is 0. The molecule has 0 amide bonds. The Hall–Kier alpha value is 0.430. The monoisotopic (exact) mass is 176 g/mol. The van der Waals surface area contributed by atoms with E-state index in [9.17, 15) is 0 Å². The lowest BCUT2D eigenvalue weighted by Gasteiger charge is -1.86. The maximum atomic E-state index is 2.70. The molecule has 0 aromatic carbocycles. The first-order valence-corrected chi connectivity index (χ1v) is 5.85. The average molecular weight is 176 g/mol. The van der Waals surface area contributed by atoms with E-state index >= 15 is 0 Å². The van der Waals surface area contributed by atoms with Gasteiger partial charge in [-0.1, -0.05) is 59.3 Å². The fourth-order valence-electron chi connectivity index (χ4n) is 0.704. The maximum Gasteiger partial charge on any atom is -0.0381 e. The highest BCUT2D eigenvalue weighted by Gasteiger charge is 1.75. The summed E-state index contributed by atoms with van der Waals surface area (Å²) in [6.45, 7) is 6.66. The van der Waals surface area contributed by atoms with Crippen molar-refractivity contribution in [1.29, 1.82) is 0 Å². The van der Waals surface area contributed by atoms with Crippen molar-refractivity contribution in [2.24, 2.45) is 0 Å². The molecule has 1 heteroatoms. The van der Waals surface area contributed by atoms with E-state index in [4.69, 9.17) is 0 Å². The largest absolute Gasteiger partial charge is 0.138 e. The van der Waals surface area contributed by atoms with Gasteiger partial charge in [0.2, 0.25) is 0 Å². The molecule has 0 aliphatic carbocycles. The normalized spacial score (nSPS) is 8.73. The van der Waals surface area contributed by atoms with E-state index in [-0.39, 0.29) is 0 Å². The van der Waals surface area contributed by atoms with E-state index in [0.29, 0.717) is 0 Å². The van der Waals surface area contributed by atoms with Gasteiger partial charge in [0.25, 0.3) is 0 Å². The van der Waals surface area contributed by atoms with Gasteiger partial charge in [-0.05, 0) is 6.16 Å². The third-order valence-corrected chi connectivity index (χ3v) is 1.92. The van der Waals surface area contributed by atoms with Crippen molar-refractivity contribution in [3.63, 3.8) is 0 Å². The van der Waals surface area contributed by atoms with E-state index in [1.165, 1.54) is 44.7 Å². The minimum absolute atomic E-state index is 1.26. The minimum Gasteiger partial charge on any atom is -0.138 e. The molecule has 0 saturated carbocycles. The molecule has 1 atom stereocenters. The van der Waals surface area contributed by atoms with E-state index in [1.807, 2.05) is 0 Å². The van der Waals surface area contributed by atoms with Crippen molar-refractivity contribution in [2.75, 3.05) is 6.16 Å². The molecule has 0 heterocycles. The van der Waals surface area contributed by atoms with Crippen LogP contribution < -0.4 is 0 Å². The van der Waals surface area contributed by atoms with Crippen LogP contribution in [0.15, 0.2) is 0 Å². The van der Waals surface area contributed by atoms with Gasteiger partial charge in [-0.25, -0.2) is 0 Å². The molecule has 0 aromatic rings. The molecule has 0 radical (unpaired) electrons. The minimum atomic E-state index is 1.26. The number of rotatable bonds is 5. The summed E-state index contributed by atoms with van der Waals surface area (Å²) in [6.07, 6.45) is 9.47. The van der Waals surface area contributed by atoms with Crippen LogP contribution in [0.3, 0.4) is 0 Å². The first-order chi connectivity index (χ1) is 5.33. The molecule has 11 heavy (non-hydrogen) atoms. The topological polar surface area (TPSA) is 0 Å². The molecule has 0 N–H and O–H groups in total. The predicted octanol–water partition coefficient (Wildman–Crippen LogP) is 4.25. The molecular weight excluding hydrogens is 151 g/mol. The van der Waals surface area contributed by atoms with Crippen LogP contribution >= 0.6 is 9.24 Å². The molecule has 0 fully saturated rings. The van der Waals surface area contributed by atoms with E-state index in [0.717, 1.165) is 0 Å². The Morgan fingerprint density at radius 2 is 1.09 bits per heavy atom. The highest BCUT2D eigenvalue weighted by Crippen LogP contribution is 1.95. The summed E-state index contributed by atoms with van der Waals surface area (Å²) in [5.74, 6) is 0. The molecule has 0 nitrogen and oxygen atoms in total. The molecular formula is C10H25P. The first-order valence-electron chi connectivity index (χ1n) is 5.03. The lowest BCUT2D eigenvalue weighted by Crippen LogP contribution is -1.66. The second-order valence-electron chi connectivity index (χ2n) is 2.85. The lowest BCUT2D eigenvalue weighted by atomic mass is 10.2. The third-order valence-electron chi connectivity index (χ3n) is 1.51. The van der Waals surface area contributed by atoms with Crippen molar-refractivity contribution >= 4 is 9.24 Å². The molecule has 1 unspecified atom stereocenters. The van der Waals surface area contributed by atoms with Crippen LogP contribution in [0.2, 0.25) is 0 Å². The van der Waals surface area contributed by atoms with Crippen molar-refractivity contribution in [3.05, 3.63) is 0 Å². The SMILES string of the molecule is CCCCCC.CCCCP. The van der Waals surface area contributed by atoms with Crippen LogP contribution in [-0.4, -0.2) is 6.16 Å². The Bertz CT molecular complexity index is 38.1. The smallest absolute Gasteiger partial charge is 0.0381 e. The summed E-state index contributed by atoms with van der Waals surface area (Å²) in [4.78, 5) is 0. The van der Waals surface area contributed by atoms with Crippen LogP contribution in [0, 0.1) is 0 Å². The predicted molar refractivity (Wildman–Crippen MR) is 59.3 cm³/mol. The van der Waals surface area contributed by atoms with Crippen molar-refractivity contribution in [2.45, 2.75) is 59.3 Å². The van der Waals surface area contributed by atoms with Crippen molar-refractivity contribution < 1.29 is 0 Å². The molecule has 0 rings (SSSR count). The summed E-state index contributed by atoms with van der Waals surface area (Å²) in [6, 6.07) is 0. The fourth-order valence-corrected chi connectivity index (χ4v) is 1.11. The number of unbranched alkanes of at least 4 members (excludes halogenated alkanes) is 4. The summed E-state index contributed by atoms with van der Waals surface area (Å²) >= 11 is 0. The second-order valence-corrected chi connectivity index (χ2v) is 3.43. The number of hydrogen-bond donors (Lipinski definition) is 0. The van der Waals surface area contributed by atoms with Gasteiger partial charge in [0.1, 0.15) is 0 Å². The van der Waals surface area contributed by atoms with Gasteiger partial charge in [0.05, 0.1) is 0 Å². The highest BCUT2D eigenvalue weighted by atomic mass is 31.0. The van der Waals surface area contributed by atoms with Crippen molar-refractivity contribution in [3.8, 4) is 0 Å². The maximum absolute atomic E-state index is 2.70. The van der Waals surface area contributed by atoms with Gasteiger partial charge in [-0.2, -0.15) is 0 Å². The highest BCUT2D eigenvalue weighted by molar-refractivity contribution is 7.16. The molecule has 0 saturated heterocycles. The first kappa shape index (κ1) is 14.0. The zero-order chi connectivity index (χ0) is 8.95. The molecule has 0 aliphatic heterocycles. The van der Waals surface area contributed by atoms with Gasteiger partial charge < -0.3 is 0 Å². The van der Waals surface area contributed by atoms with E-state index in [1.54, 1.807) is 0 Å². The van der Waals surface area contributed by atoms with E-state index in [2.05, 4.69) is 30.0 Å². The van der Waals surface area contributed by atoms with Gasteiger partial charge in [-0.15, -0.1) is 9.24 Å². The van der Waals surface area contributed by atoms with Crippen LogP contribution in [0.1, 0.15) is 59.3 Å². The van der Waals surface area contributed by atoms with Gasteiger partial charge >= 0.3 is 0 Å². The second kappa shape index (κ2) is 16.8. The van der Waals surface area contributed by atoms with Gasteiger partial charge in [0, 0.05) is 0 Å². The standard InChI is InChI=1S/C6H14.C4H11P/c1-3-5-6-4-2;1-2-3-4-5/h3-6H2,1-2H3;2-5H2,1H3. The van der Waals surface area contributed by atoms with Gasteiger partial charge in [0.15, 0.2) is 0 Å². The summed E-state index contributed by atoms with van der Waals surface area (Å²) in [5.41, 5.74) is 0.